The van der Waals surface area contributed by atoms with Crippen molar-refractivity contribution in [3.63, 3.8) is 0 Å². The van der Waals surface area contributed by atoms with Crippen LogP contribution >= 0.6 is 0 Å². The third-order valence-corrected chi connectivity index (χ3v) is 3.90. The van der Waals surface area contributed by atoms with E-state index in [2.05, 4.69) is 30.4 Å². The molecule has 0 radical (unpaired) electrons. The first-order chi connectivity index (χ1) is 11.3. The second kappa shape index (κ2) is 6.87. The number of piperidine rings is 1. The number of hydrogen-bond donors (Lipinski definition) is 2. The normalized spacial score (nSPS) is 17.5. The van der Waals surface area contributed by atoms with Crippen molar-refractivity contribution in [3.05, 3.63) is 40.6 Å². The predicted molar refractivity (Wildman–Crippen MR) is 85.1 cm³/mol. The van der Waals surface area contributed by atoms with Gasteiger partial charge in [0.1, 0.15) is 11.9 Å². The molecule has 8 nitrogen and oxygen atoms in total. The molecule has 3 rings (SSSR count). The number of nitriles is 1. The van der Waals surface area contributed by atoms with Crippen molar-refractivity contribution in [2.75, 3.05) is 23.3 Å². The van der Waals surface area contributed by atoms with Crippen molar-refractivity contribution >= 4 is 11.6 Å². The molecule has 0 saturated carbocycles. The standard InChI is InChI=1S/C15H17N7O/c16-9-12-15(18-7-6-17-12)19-10-11-3-1-2-8-22(11)13-4-5-14(23)21-20-13/h4-7,11H,1-3,8,10H2,(H,18,19)(H,21,23). The van der Waals surface area contributed by atoms with E-state index in [1.165, 1.54) is 12.3 Å². The van der Waals surface area contributed by atoms with Crippen LogP contribution in [0.1, 0.15) is 25.0 Å². The van der Waals surface area contributed by atoms with Gasteiger partial charge in [-0.25, -0.2) is 15.1 Å². The van der Waals surface area contributed by atoms with Crippen molar-refractivity contribution in [2.45, 2.75) is 25.3 Å². The molecule has 118 valence electrons. The van der Waals surface area contributed by atoms with Crippen LogP contribution in [0.15, 0.2) is 29.3 Å². The van der Waals surface area contributed by atoms with Gasteiger partial charge in [-0.05, 0) is 25.3 Å². The molecule has 8 heteroatoms. The molecule has 0 amide bonds. The highest BCUT2D eigenvalue weighted by atomic mass is 16.1. The number of rotatable bonds is 4. The lowest BCUT2D eigenvalue weighted by Crippen LogP contribution is -2.44. The van der Waals surface area contributed by atoms with Crippen LogP contribution in [0.3, 0.4) is 0 Å². The first-order valence-corrected chi connectivity index (χ1v) is 7.55. The van der Waals surface area contributed by atoms with Crippen LogP contribution in [0.2, 0.25) is 0 Å². The first-order valence-electron chi connectivity index (χ1n) is 7.55. The van der Waals surface area contributed by atoms with Crippen molar-refractivity contribution in [1.82, 2.24) is 20.2 Å². The summed E-state index contributed by atoms with van der Waals surface area (Å²) < 4.78 is 0. The van der Waals surface area contributed by atoms with Crippen LogP contribution in [0, 0.1) is 11.3 Å². The molecule has 23 heavy (non-hydrogen) atoms. The van der Waals surface area contributed by atoms with Gasteiger partial charge in [0.15, 0.2) is 11.5 Å². The van der Waals surface area contributed by atoms with Crippen molar-refractivity contribution in [1.29, 1.82) is 5.26 Å². The highest BCUT2D eigenvalue weighted by Crippen LogP contribution is 2.22. The Morgan fingerprint density at radius 1 is 1.35 bits per heavy atom. The van der Waals surface area contributed by atoms with Gasteiger partial charge in [-0.1, -0.05) is 0 Å². The monoisotopic (exact) mass is 311 g/mol. The van der Waals surface area contributed by atoms with Gasteiger partial charge in [-0.3, -0.25) is 4.79 Å². The Bertz CT molecular complexity index is 746. The van der Waals surface area contributed by atoms with Crippen LogP contribution in [0.5, 0.6) is 0 Å². The largest absolute Gasteiger partial charge is 0.366 e. The van der Waals surface area contributed by atoms with E-state index in [0.717, 1.165) is 31.6 Å². The summed E-state index contributed by atoms with van der Waals surface area (Å²) in [6, 6.07) is 5.47. The number of nitrogens with zero attached hydrogens (tertiary/aromatic N) is 5. The number of aromatic nitrogens is 4. The number of H-pyrrole nitrogens is 1. The summed E-state index contributed by atoms with van der Waals surface area (Å²) >= 11 is 0. The van der Waals surface area contributed by atoms with Crippen molar-refractivity contribution < 1.29 is 0 Å². The minimum Gasteiger partial charge on any atom is -0.366 e. The summed E-state index contributed by atoms with van der Waals surface area (Å²) in [5.74, 6) is 1.26. The zero-order valence-electron chi connectivity index (χ0n) is 12.6. The van der Waals surface area contributed by atoms with Crippen LogP contribution in [0.25, 0.3) is 0 Å². The van der Waals surface area contributed by atoms with E-state index in [1.54, 1.807) is 12.3 Å². The molecule has 2 N–H and O–H groups in total. The summed E-state index contributed by atoms with van der Waals surface area (Å²) in [5, 5.41) is 18.9. The number of aromatic amines is 1. The van der Waals surface area contributed by atoms with Crippen molar-refractivity contribution in [3.8, 4) is 6.07 Å². The Morgan fingerprint density at radius 2 is 2.22 bits per heavy atom. The van der Waals surface area contributed by atoms with Gasteiger partial charge < -0.3 is 10.2 Å². The van der Waals surface area contributed by atoms with E-state index < -0.39 is 0 Å². The van der Waals surface area contributed by atoms with Gasteiger partial charge in [0.05, 0.1) is 0 Å². The van der Waals surface area contributed by atoms with Gasteiger partial charge >= 0.3 is 0 Å². The van der Waals surface area contributed by atoms with E-state index in [-0.39, 0.29) is 17.3 Å². The lowest BCUT2D eigenvalue weighted by Gasteiger charge is -2.36. The lowest BCUT2D eigenvalue weighted by molar-refractivity contribution is 0.467. The number of nitrogens with one attached hydrogen (secondary N) is 2. The minimum atomic E-state index is -0.210. The van der Waals surface area contributed by atoms with Gasteiger partial charge in [0, 0.05) is 37.6 Å². The highest BCUT2D eigenvalue weighted by Gasteiger charge is 2.24. The molecule has 0 spiro atoms. The molecule has 2 aromatic heterocycles. The van der Waals surface area contributed by atoms with E-state index >= 15 is 0 Å². The zero-order valence-corrected chi connectivity index (χ0v) is 12.6. The Hall–Kier alpha value is -2.95. The quantitative estimate of drug-likeness (QED) is 0.863. The summed E-state index contributed by atoms with van der Waals surface area (Å²) in [4.78, 5) is 21.5. The zero-order chi connectivity index (χ0) is 16.1. The lowest BCUT2D eigenvalue weighted by atomic mass is 10.0. The van der Waals surface area contributed by atoms with Crippen LogP contribution in [0.4, 0.5) is 11.6 Å². The fourth-order valence-corrected chi connectivity index (χ4v) is 2.78. The van der Waals surface area contributed by atoms with Gasteiger partial charge in [-0.2, -0.15) is 10.4 Å². The fraction of sp³-hybridized carbons (Fsp3) is 0.400. The van der Waals surface area contributed by atoms with E-state index in [9.17, 15) is 4.79 Å². The molecule has 1 atom stereocenters. The molecule has 1 fully saturated rings. The summed E-state index contributed by atoms with van der Waals surface area (Å²) in [6.45, 7) is 1.52. The Kier molecular flexibility index (Phi) is 4.47. The molecule has 0 aliphatic carbocycles. The third kappa shape index (κ3) is 3.45. The summed E-state index contributed by atoms with van der Waals surface area (Å²) in [7, 11) is 0. The topological polar surface area (TPSA) is 111 Å². The molecular weight excluding hydrogens is 294 g/mol. The molecular formula is C15H17N7O. The highest BCUT2D eigenvalue weighted by molar-refractivity contribution is 5.47. The van der Waals surface area contributed by atoms with E-state index in [4.69, 9.17) is 5.26 Å². The average molecular weight is 311 g/mol. The summed E-state index contributed by atoms with van der Waals surface area (Å²) in [6.07, 6.45) is 6.30. The molecule has 1 unspecified atom stereocenters. The maximum atomic E-state index is 11.2. The molecule has 2 aromatic rings. The van der Waals surface area contributed by atoms with Crippen LogP contribution < -0.4 is 15.8 Å². The molecule has 1 aliphatic heterocycles. The second-order valence-electron chi connectivity index (χ2n) is 5.37. The average Bonchev–Trinajstić information content (AvgIpc) is 2.61. The SMILES string of the molecule is N#Cc1nccnc1NCC1CCCCN1c1ccc(=O)[nH]n1. The molecule has 3 heterocycles. The smallest absolute Gasteiger partial charge is 0.264 e. The third-order valence-electron chi connectivity index (χ3n) is 3.90. The number of anilines is 2. The summed E-state index contributed by atoms with van der Waals surface area (Å²) in [5.41, 5.74) is 0.0793. The maximum absolute atomic E-state index is 11.2. The van der Waals surface area contributed by atoms with Crippen LogP contribution in [-0.4, -0.2) is 39.3 Å². The van der Waals surface area contributed by atoms with Crippen molar-refractivity contribution in [2.24, 2.45) is 0 Å². The number of hydrogen-bond acceptors (Lipinski definition) is 7. The Morgan fingerprint density at radius 3 is 3.00 bits per heavy atom. The minimum absolute atomic E-state index is 0.210. The van der Waals surface area contributed by atoms with Crippen LogP contribution in [-0.2, 0) is 0 Å². The molecule has 0 bridgehead atoms. The van der Waals surface area contributed by atoms with Gasteiger partial charge in [-0.15, -0.1) is 0 Å². The Balaban J connectivity index is 1.73. The predicted octanol–water partition coefficient (Wildman–Crippen LogP) is 0.903. The van der Waals surface area contributed by atoms with E-state index in [0.29, 0.717) is 12.4 Å². The van der Waals surface area contributed by atoms with Gasteiger partial charge in [0.2, 0.25) is 0 Å². The van der Waals surface area contributed by atoms with Gasteiger partial charge in [0.25, 0.3) is 5.56 Å². The van der Waals surface area contributed by atoms with E-state index in [1.807, 2.05) is 6.07 Å². The molecule has 1 saturated heterocycles. The fourth-order valence-electron chi connectivity index (χ4n) is 2.78. The maximum Gasteiger partial charge on any atom is 0.264 e. The second-order valence-corrected chi connectivity index (χ2v) is 5.37. The Labute approximate surface area is 133 Å². The first kappa shape index (κ1) is 15.0. The molecule has 0 aromatic carbocycles. The molecule has 1 aliphatic rings.